The molecule has 6 aromatic heterocycles. The van der Waals surface area contributed by atoms with Gasteiger partial charge in [0.2, 0.25) is 0 Å². The third kappa shape index (κ3) is 18.8. The van der Waals surface area contributed by atoms with E-state index in [-0.39, 0.29) is 75.8 Å². The van der Waals surface area contributed by atoms with Crippen LogP contribution in [0.1, 0.15) is 143 Å². The van der Waals surface area contributed by atoms with Crippen molar-refractivity contribution in [3.05, 3.63) is 346 Å². The molecule has 148 heavy (non-hydrogen) atoms. The van der Waals surface area contributed by atoms with Gasteiger partial charge in [-0.3, -0.25) is 43.5 Å². The molecule has 8 unspecified atom stereocenters. The van der Waals surface area contributed by atoms with E-state index < -0.39 is 47.6 Å². The number of methoxy groups -OCH3 is 2. The summed E-state index contributed by atoms with van der Waals surface area (Å²) in [4.78, 5) is 87.2. The Labute approximate surface area is 900 Å². The summed E-state index contributed by atoms with van der Waals surface area (Å²) >= 11 is 37.7. The summed E-state index contributed by atoms with van der Waals surface area (Å²) in [5.41, 5.74) is 15.1. The molecular weight excluding hydrogens is 2240 g/mol. The number of rotatable bonds is 20. The number of carbonyl (C=O) groups excluding carboxylic acids is 4. The van der Waals surface area contributed by atoms with Crippen LogP contribution in [0.25, 0.3) is 43.6 Å². The number of aromatic amines is 4. The molecule has 4 N–H and O–H groups in total. The van der Waals surface area contributed by atoms with Crippen molar-refractivity contribution in [3.8, 4) is 23.0 Å². The second-order valence-electron chi connectivity index (χ2n) is 37.7. The van der Waals surface area contributed by atoms with Crippen molar-refractivity contribution in [2.45, 2.75) is 152 Å². The van der Waals surface area contributed by atoms with E-state index in [2.05, 4.69) is 157 Å². The summed E-state index contributed by atoms with van der Waals surface area (Å²) < 4.78 is 110. The Kier molecular flexibility index (Phi) is 27.7. The zero-order valence-electron chi connectivity index (χ0n) is 80.0. The number of hydrogen-bond donors (Lipinski definition) is 4. The average Bonchev–Trinajstić information content (AvgIpc) is 1.57. The van der Waals surface area contributed by atoms with E-state index in [9.17, 15) is 45.5 Å². The molecule has 4 amide bonds. The van der Waals surface area contributed by atoms with E-state index in [1.807, 2.05) is 182 Å². The summed E-state index contributed by atoms with van der Waals surface area (Å²) in [6.45, 7) is 10.9. The zero-order chi connectivity index (χ0) is 103. The molecule has 4 fully saturated rings. The predicted octanol–water partition coefficient (Wildman–Crippen LogP) is 23.5. The molecule has 4 saturated heterocycles. The van der Waals surface area contributed by atoms with Crippen LogP contribution in [0.3, 0.4) is 0 Å². The third-order valence-electron chi connectivity index (χ3n) is 28.3. The van der Waals surface area contributed by atoms with Crippen molar-refractivity contribution in [1.29, 1.82) is 0 Å². The number of nitrogens with zero attached hydrogens (tertiary/aromatic N) is 13. The maximum Gasteiger partial charge on any atom is 0.416 e. The van der Waals surface area contributed by atoms with Crippen molar-refractivity contribution in [2.75, 3.05) is 37.2 Å². The molecule has 0 aliphatic carbocycles. The minimum absolute atomic E-state index is 0.00350. The van der Waals surface area contributed by atoms with Crippen LogP contribution >= 0.6 is 113 Å². The van der Waals surface area contributed by atoms with Gasteiger partial charge in [-0.2, -0.15) is 26.3 Å². The van der Waals surface area contributed by atoms with Crippen molar-refractivity contribution >= 4 is 212 Å². The second-order valence-corrected chi connectivity index (χ2v) is 42.8. The predicted molar refractivity (Wildman–Crippen MR) is 582 cm³/mol. The molecule has 756 valence electrons. The standard InChI is InChI=1S/C28H28BrN5O2S.2C27H19BrF3N3O2S.C27H27BrN6O2S/c1-17(2)33-27(35)24-15-22-21-14-19(29)6-9-23(21)31-25(22)26(34(24)28(33)37)18-4-7-20(8-5-18)36-13-3-11-32-12-10-30-16-32;1-36-18-9-2-14(3-10-18)24-23-20(19-12-16(28)6-11-21(19)32-23)13-22-25(35)33(26(37)34(22)24)17-7-4-15(5-8-17)27(29,30)31;1-36-18-8-5-14(6-9-18)24-23-20(19-12-16(28)7-10-21(19)32-23)13-22-25(35)33(26(37)34(22)24)17-4-2-3-15(11-17)27(29,30)31;1-16(2)33-26(35)23-15-21-20-14-18(28)6-9-22(20)30-24(21)25(34(23)27(33)37)17-4-7-19(8-5-17)36-13-3-11-32-12-10-29-31-32/h4-10,12,14,16-17,24,26,31H,3,11,13,15H2,1-2H3;2*2-12,22,24,32H,13H2,1H3;4-10,12,14,16,23,25,30H,3,11,13,15H2,1-2H3. The molecule has 0 spiro atoms. The van der Waals surface area contributed by atoms with E-state index in [1.165, 1.54) is 45.2 Å². The number of hydrogen-bond acceptors (Lipinski definition) is 15. The first kappa shape index (κ1) is 101. The Balaban J connectivity index is 0.000000116. The zero-order valence-corrected chi connectivity index (χ0v) is 89.6. The van der Waals surface area contributed by atoms with Crippen LogP contribution in [0.4, 0.5) is 37.7 Å². The van der Waals surface area contributed by atoms with Gasteiger partial charge in [0.1, 0.15) is 47.2 Å². The fraction of sp³-hybridized carbons (Fsp3) is 0.257. The third-order valence-corrected chi connectivity index (χ3v) is 31.9. The highest BCUT2D eigenvalue weighted by Gasteiger charge is 2.57. The Morgan fingerprint density at radius 2 is 0.743 bits per heavy atom. The fourth-order valence-corrected chi connectivity index (χ4v) is 24.9. The molecular formula is C109H93Br4F6N17O8S4. The maximum atomic E-state index is 13.8. The van der Waals surface area contributed by atoms with Crippen LogP contribution < -0.4 is 28.7 Å². The van der Waals surface area contributed by atoms with Crippen LogP contribution in [-0.2, 0) is 70.3 Å². The maximum absolute atomic E-state index is 13.8. The lowest BCUT2D eigenvalue weighted by Gasteiger charge is -2.37. The van der Waals surface area contributed by atoms with Gasteiger partial charge in [-0.1, -0.05) is 124 Å². The summed E-state index contributed by atoms with van der Waals surface area (Å²) in [6, 6.07) is 61.9. The molecule has 25 nitrogen and oxygen atoms in total. The minimum atomic E-state index is -4.54. The number of ether oxygens (including phenoxy) is 4. The van der Waals surface area contributed by atoms with E-state index in [0.717, 1.165) is 179 Å². The molecule has 8 atom stereocenters. The molecule has 14 heterocycles. The number of anilines is 2. The highest BCUT2D eigenvalue weighted by molar-refractivity contribution is 9.11. The molecule has 0 saturated carbocycles. The van der Waals surface area contributed by atoms with Gasteiger partial charge in [0.05, 0.1) is 86.6 Å². The normalized spacial score (nSPS) is 19.3. The topological polar surface area (TPSA) is 243 Å². The quantitative estimate of drug-likeness (QED) is 0.0315. The van der Waals surface area contributed by atoms with Crippen LogP contribution in [0.5, 0.6) is 23.0 Å². The average molecular weight is 2330 g/mol. The lowest BCUT2D eigenvalue weighted by molar-refractivity contribution is -0.138. The molecule has 8 aliphatic heterocycles. The number of halogens is 10. The summed E-state index contributed by atoms with van der Waals surface area (Å²) in [7, 11) is 3.18. The second kappa shape index (κ2) is 40.7. The van der Waals surface area contributed by atoms with Gasteiger partial charge in [0.15, 0.2) is 20.4 Å². The first-order valence-corrected chi connectivity index (χ1v) is 52.7. The number of carbonyl (C=O) groups is 4. The first-order valence-electron chi connectivity index (χ1n) is 47.9. The smallest absolute Gasteiger partial charge is 0.416 e. The van der Waals surface area contributed by atoms with E-state index in [1.54, 1.807) is 41.1 Å². The number of nitrogens with one attached hydrogen (secondary N) is 4. The van der Waals surface area contributed by atoms with Gasteiger partial charge in [-0.25, -0.2) is 4.98 Å². The van der Waals surface area contributed by atoms with Crippen molar-refractivity contribution < 1.29 is 64.5 Å². The van der Waals surface area contributed by atoms with Crippen molar-refractivity contribution in [2.24, 2.45) is 0 Å². The number of aromatic nitrogens is 9. The molecule has 10 aromatic carbocycles. The number of imidazole rings is 1. The molecule has 0 bridgehead atoms. The summed E-state index contributed by atoms with van der Waals surface area (Å²) in [5, 5.41) is 13.7. The molecule has 0 radical (unpaired) electrons. The number of amides is 4. The van der Waals surface area contributed by atoms with Crippen LogP contribution in [0, 0.1) is 0 Å². The SMILES string of the molecule is CC(C)N1C(=O)C2Cc3c([nH]c4ccc(Br)cc34)C(c3ccc(OCCCn4ccnc4)cc3)N2C1=S.CC(C)N1C(=O)C2Cc3c([nH]c4ccc(Br)cc34)C(c3ccc(OCCCn4ccnn4)cc3)N2C1=S.COc1ccc(C2c3[nH]c4ccc(Br)cc4c3CC3C(=O)N(c4ccc(C(F)(F)F)cc4)C(=S)N32)cc1.COc1ccc(C2c3[nH]c4ccc(Br)cc4c3CC3C(=O)N(c4cccc(C(F)(F)F)c4)C(=S)N32)cc1. The summed E-state index contributed by atoms with van der Waals surface area (Å²) in [5.74, 6) is 2.55. The van der Waals surface area contributed by atoms with Gasteiger partial charge in [0, 0.05) is 160 Å². The van der Waals surface area contributed by atoms with Crippen molar-refractivity contribution in [3.63, 3.8) is 0 Å². The van der Waals surface area contributed by atoms with Gasteiger partial charge < -0.3 is 63.1 Å². The number of alkyl halides is 6. The van der Waals surface area contributed by atoms with Crippen LogP contribution in [-0.4, -0.2) is 182 Å². The van der Waals surface area contributed by atoms with E-state index >= 15 is 0 Å². The van der Waals surface area contributed by atoms with E-state index in [4.69, 9.17) is 67.8 Å². The largest absolute Gasteiger partial charge is 0.497 e. The first-order chi connectivity index (χ1) is 71.2. The number of benzene rings is 10. The fourth-order valence-electron chi connectivity index (χ4n) is 21.5. The minimum Gasteiger partial charge on any atom is -0.497 e. The monoisotopic (exact) mass is 2330 g/mol. The van der Waals surface area contributed by atoms with Gasteiger partial charge in [-0.15, -0.1) is 5.10 Å². The highest BCUT2D eigenvalue weighted by Crippen LogP contribution is 2.53. The van der Waals surface area contributed by atoms with Gasteiger partial charge in [0.25, 0.3) is 23.6 Å². The molecule has 24 rings (SSSR count). The summed E-state index contributed by atoms with van der Waals surface area (Å²) in [6.07, 6.45) is 3.82. The Morgan fingerprint density at radius 1 is 0.392 bits per heavy atom. The lowest BCUT2D eigenvalue weighted by Crippen LogP contribution is -2.44. The van der Waals surface area contributed by atoms with Gasteiger partial charge in [-0.05, 0) is 291 Å². The Bertz CT molecular complexity index is 7670. The number of fused-ring (bicyclic) bond motifs is 16. The molecule has 39 heteroatoms. The number of aryl methyl sites for hydroxylation is 2. The number of H-pyrrole nitrogens is 4. The molecule has 16 aromatic rings. The van der Waals surface area contributed by atoms with E-state index in [0.29, 0.717) is 66.3 Å². The molecule has 8 aliphatic rings. The lowest BCUT2D eigenvalue weighted by atomic mass is 9.89. The van der Waals surface area contributed by atoms with Crippen LogP contribution in [0.2, 0.25) is 0 Å². The Hall–Kier alpha value is -13.2. The van der Waals surface area contributed by atoms with Gasteiger partial charge >= 0.3 is 12.4 Å². The van der Waals surface area contributed by atoms with Crippen LogP contribution in [0.15, 0.2) is 267 Å². The Morgan fingerprint density at radius 3 is 1.08 bits per heavy atom. The van der Waals surface area contributed by atoms with Crippen molar-refractivity contribution in [1.82, 2.24) is 73.9 Å². The number of thiocarbonyl (C=S) groups is 4. The highest BCUT2D eigenvalue weighted by atomic mass is 79.9.